The van der Waals surface area contributed by atoms with Crippen LogP contribution in [0.15, 0.2) is 30.5 Å². The molecule has 0 aliphatic carbocycles. The number of carbonyl (C=O) groups is 2. The average molecular weight is 258 g/mol. The van der Waals surface area contributed by atoms with Crippen molar-refractivity contribution in [2.24, 2.45) is 0 Å². The highest BCUT2D eigenvalue weighted by Crippen LogP contribution is 2.10. The van der Waals surface area contributed by atoms with E-state index in [9.17, 15) is 9.59 Å². The number of Topliss-reactive ketones (excluding diaryl/α,β-unsaturated/α-hetero) is 1. The summed E-state index contributed by atoms with van der Waals surface area (Å²) in [5, 5.41) is 10.2. The number of hydrogen-bond donors (Lipinski definition) is 1. The monoisotopic (exact) mass is 258 g/mol. The van der Waals surface area contributed by atoms with Gasteiger partial charge < -0.3 is 5.32 Å². The first-order chi connectivity index (χ1) is 9.06. The Hall–Kier alpha value is -2.50. The van der Waals surface area contributed by atoms with Crippen molar-refractivity contribution in [3.8, 4) is 0 Å². The number of hydrogen-bond acceptors (Lipinski definition) is 4. The lowest BCUT2D eigenvalue weighted by Crippen LogP contribution is -2.20. The van der Waals surface area contributed by atoms with Crippen LogP contribution in [0.4, 0.5) is 5.69 Å². The fourth-order valence-corrected chi connectivity index (χ4v) is 1.59. The molecule has 0 saturated heterocycles. The van der Waals surface area contributed by atoms with Gasteiger partial charge in [-0.3, -0.25) is 9.59 Å². The molecule has 1 amide bonds. The molecule has 98 valence electrons. The van der Waals surface area contributed by atoms with Crippen molar-refractivity contribution in [3.05, 3.63) is 41.7 Å². The highest BCUT2D eigenvalue weighted by Gasteiger charge is 2.07. The van der Waals surface area contributed by atoms with Crippen molar-refractivity contribution in [2.75, 3.05) is 5.32 Å². The van der Waals surface area contributed by atoms with Gasteiger partial charge in [0, 0.05) is 11.3 Å². The van der Waals surface area contributed by atoms with Gasteiger partial charge in [-0.25, -0.2) is 4.68 Å². The van der Waals surface area contributed by atoms with E-state index in [1.165, 1.54) is 11.6 Å². The van der Waals surface area contributed by atoms with E-state index in [0.29, 0.717) is 11.3 Å². The zero-order valence-electron chi connectivity index (χ0n) is 10.8. The summed E-state index contributed by atoms with van der Waals surface area (Å²) in [5.74, 6) is -0.194. The Labute approximate surface area is 110 Å². The molecule has 0 bridgehead atoms. The Kier molecular flexibility index (Phi) is 3.70. The van der Waals surface area contributed by atoms with Crippen LogP contribution in [-0.2, 0) is 11.3 Å². The van der Waals surface area contributed by atoms with Gasteiger partial charge in [-0.05, 0) is 38.1 Å². The molecule has 6 heteroatoms. The van der Waals surface area contributed by atoms with Gasteiger partial charge in [-0.1, -0.05) is 5.21 Å². The lowest BCUT2D eigenvalue weighted by molar-refractivity contribution is -0.117. The molecule has 0 aliphatic heterocycles. The predicted octanol–water partition coefficient (Wildman–Crippen LogP) is 1.43. The number of aromatic nitrogens is 3. The SMILES string of the molecule is CC(=O)c1ccc(NC(=O)Cn2nncc2C)cc1. The third-order valence-corrected chi connectivity index (χ3v) is 2.68. The van der Waals surface area contributed by atoms with Crippen LogP contribution >= 0.6 is 0 Å². The quantitative estimate of drug-likeness (QED) is 0.841. The van der Waals surface area contributed by atoms with E-state index in [1.807, 2.05) is 6.92 Å². The van der Waals surface area contributed by atoms with Crippen molar-refractivity contribution in [1.29, 1.82) is 0 Å². The van der Waals surface area contributed by atoms with Crippen molar-refractivity contribution in [1.82, 2.24) is 15.0 Å². The highest BCUT2D eigenvalue weighted by atomic mass is 16.2. The number of ketones is 1. The molecule has 0 fully saturated rings. The van der Waals surface area contributed by atoms with E-state index >= 15 is 0 Å². The largest absolute Gasteiger partial charge is 0.324 e. The van der Waals surface area contributed by atoms with E-state index in [-0.39, 0.29) is 18.2 Å². The van der Waals surface area contributed by atoms with Crippen LogP contribution in [0, 0.1) is 6.92 Å². The lowest BCUT2D eigenvalue weighted by Gasteiger charge is -2.06. The summed E-state index contributed by atoms with van der Waals surface area (Å²) in [5.41, 5.74) is 2.08. The summed E-state index contributed by atoms with van der Waals surface area (Å²) in [7, 11) is 0. The van der Waals surface area contributed by atoms with E-state index in [4.69, 9.17) is 0 Å². The molecule has 19 heavy (non-hydrogen) atoms. The summed E-state index contributed by atoms with van der Waals surface area (Å²) >= 11 is 0. The second kappa shape index (κ2) is 5.43. The van der Waals surface area contributed by atoms with E-state index < -0.39 is 0 Å². The molecule has 0 radical (unpaired) electrons. The Morgan fingerprint density at radius 1 is 1.26 bits per heavy atom. The summed E-state index contributed by atoms with van der Waals surface area (Å²) in [6.45, 7) is 3.44. The first-order valence-corrected chi connectivity index (χ1v) is 5.82. The summed E-state index contributed by atoms with van der Waals surface area (Å²) in [6.07, 6.45) is 1.59. The number of anilines is 1. The molecule has 0 atom stereocenters. The Balaban J connectivity index is 1.99. The van der Waals surface area contributed by atoms with E-state index in [2.05, 4.69) is 15.6 Å². The fourth-order valence-electron chi connectivity index (χ4n) is 1.59. The maximum absolute atomic E-state index is 11.8. The van der Waals surface area contributed by atoms with Crippen molar-refractivity contribution in [2.45, 2.75) is 20.4 Å². The van der Waals surface area contributed by atoms with Crippen LogP contribution in [0.2, 0.25) is 0 Å². The minimum atomic E-state index is -0.191. The smallest absolute Gasteiger partial charge is 0.246 e. The number of nitrogens with zero attached hydrogens (tertiary/aromatic N) is 3. The standard InChI is InChI=1S/C13H14N4O2/c1-9-7-14-16-17(9)8-13(19)15-12-5-3-11(4-6-12)10(2)18/h3-7H,8H2,1-2H3,(H,15,19). The summed E-state index contributed by atoms with van der Waals surface area (Å²) in [4.78, 5) is 22.9. The van der Waals surface area contributed by atoms with Gasteiger partial charge >= 0.3 is 0 Å². The molecular weight excluding hydrogens is 244 g/mol. The topological polar surface area (TPSA) is 76.9 Å². The zero-order chi connectivity index (χ0) is 13.8. The maximum Gasteiger partial charge on any atom is 0.246 e. The first kappa shape index (κ1) is 12.9. The zero-order valence-corrected chi connectivity index (χ0v) is 10.8. The highest BCUT2D eigenvalue weighted by molar-refractivity contribution is 5.95. The summed E-state index contributed by atoms with van der Waals surface area (Å²) < 4.78 is 1.51. The second-order valence-corrected chi connectivity index (χ2v) is 4.21. The molecule has 0 unspecified atom stereocenters. The number of aryl methyl sites for hydroxylation is 1. The van der Waals surface area contributed by atoms with Crippen LogP contribution in [0.3, 0.4) is 0 Å². The number of amides is 1. The molecule has 6 nitrogen and oxygen atoms in total. The third kappa shape index (κ3) is 3.25. The van der Waals surface area contributed by atoms with Crippen LogP contribution in [0.25, 0.3) is 0 Å². The van der Waals surface area contributed by atoms with Crippen LogP contribution in [0.1, 0.15) is 23.0 Å². The molecule has 1 aromatic carbocycles. The minimum Gasteiger partial charge on any atom is -0.324 e. The molecule has 0 spiro atoms. The molecule has 0 saturated carbocycles. The molecule has 2 aromatic rings. The van der Waals surface area contributed by atoms with Gasteiger partial charge in [0.05, 0.1) is 11.9 Å². The summed E-state index contributed by atoms with van der Waals surface area (Å²) in [6, 6.07) is 6.75. The lowest BCUT2D eigenvalue weighted by atomic mass is 10.1. The van der Waals surface area contributed by atoms with Crippen LogP contribution in [-0.4, -0.2) is 26.7 Å². The number of nitrogens with one attached hydrogen (secondary N) is 1. The van der Waals surface area contributed by atoms with Gasteiger partial charge in [0.2, 0.25) is 5.91 Å². The average Bonchev–Trinajstić information content (AvgIpc) is 2.75. The van der Waals surface area contributed by atoms with Gasteiger partial charge in [0.15, 0.2) is 5.78 Å². The first-order valence-electron chi connectivity index (χ1n) is 5.82. The predicted molar refractivity (Wildman–Crippen MR) is 69.8 cm³/mol. The molecule has 2 rings (SSSR count). The van der Waals surface area contributed by atoms with E-state index in [1.54, 1.807) is 30.5 Å². The second-order valence-electron chi connectivity index (χ2n) is 4.21. The number of benzene rings is 1. The molecule has 1 heterocycles. The van der Waals surface area contributed by atoms with Crippen molar-refractivity contribution in [3.63, 3.8) is 0 Å². The molecule has 1 aromatic heterocycles. The molecule has 0 aliphatic rings. The number of rotatable bonds is 4. The van der Waals surface area contributed by atoms with Gasteiger partial charge in [-0.15, -0.1) is 5.10 Å². The number of carbonyl (C=O) groups excluding carboxylic acids is 2. The Morgan fingerprint density at radius 2 is 1.95 bits per heavy atom. The van der Waals surface area contributed by atoms with E-state index in [0.717, 1.165) is 5.69 Å². The van der Waals surface area contributed by atoms with Gasteiger partial charge in [0.25, 0.3) is 0 Å². The van der Waals surface area contributed by atoms with Crippen LogP contribution in [0.5, 0.6) is 0 Å². The fraction of sp³-hybridized carbons (Fsp3) is 0.231. The molecule has 1 N–H and O–H groups in total. The van der Waals surface area contributed by atoms with Crippen molar-refractivity contribution >= 4 is 17.4 Å². The normalized spacial score (nSPS) is 10.2. The Morgan fingerprint density at radius 3 is 2.47 bits per heavy atom. The van der Waals surface area contributed by atoms with Gasteiger partial charge in [-0.2, -0.15) is 0 Å². The molecular formula is C13H14N4O2. The third-order valence-electron chi connectivity index (χ3n) is 2.68. The Bertz CT molecular complexity index is 601. The van der Waals surface area contributed by atoms with Crippen molar-refractivity contribution < 1.29 is 9.59 Å². The minimum absolute atomic E-state index is 0.00360. The van der Waals surface area contributed by atoms with Gasteiger partial charge in [0.1, 0.15) is 6.54 Å². The maximum atomic E-state index is 11.8. The van der Waals surface area contributed by atoms with Crippen LogP contribution < -0.4 is 5.32 Å².